The number of aliphatic carboxylic acids is 1. The molecule has 0 fully saturated rings. The topological polar surface area (TPSA) is 80.6 Å². The van der Waals surface area contributed by atoms with Crippen molar-refractivity contribution in [3.8, 4) is 0 Å². The first kappa shape index (κ1) is 11.8. The molecular formula is C3H5KO4. The quantitative estimate of drug-likeness (QED) is 0.378. The smallest absolute Gasteiger partial charge is 0.547 e. The number of hydrogen-bond donors (Lipinski definition) is 2. The fourth-order valence-corrected chi connectivity index (χ4v) is 0.0745. The van der Waals surface area contributed by atoms with Gasteiger partial charge in [0.2, 0.25) is 0 Å². The van der Waals surface area contributed by atoms with Crippen LogP contribution in [0.5, 0.6) is 0 Å². The number of aliphatic hydroxyl groups excluding tert-OH is 2. The fourth-order valence-electron chi connectivity index (χ4n) is 0.0745. The Morgan fingerprint density at radius 1 is 1.75 bits per heavy atom. The van der Waals surface area contributed by atoms with Crippen LogP contribution < -0.4 is 56.5 Å². The molecule has 0 aliphatic carbocycles. The minimum Gasteiger partial charge on any atom is -0.547 e. The van der Waals surface area contributed by atoms with Gasteiger partial charge in [-0.3, -0.25) is 0 Å². The second-order valence-corrected chi connectivity index (χ2v) is 1.02. The molecule has 4 nitrogen and oxygen atoms in total. The van der Waals surface area contributed by atoms with Crippen molar-refractivity contribution in [3.63, 3.8) is 0 Å². The Kier molecular flexibility index (Phi) is 9.06. The molecule has 0 rings (SSSR count). The standard InChI is InChI=1S/C3H6O4.K/c4-1-2(5)3(6)7;/h2,4-5H,1H2,(H,6,7);/q;+1/p-1/t2-;/m0./s1. The summed E-state index contributed by atoms with van der Waals surface area (Å²) in [6, 6.07) is 0. The van der Waals surface area contributed by atoms with Crippen LogP contribution in [0.3, 0.4) is 0 Å². The summed E-state index contributed by atoms with van der Waals surface area (Å²) in [6.45, 7) is -0.789. The predicted molar refractivity (Wildman–Crippen MR) is 18.1 cm³/mol. The molecule has 1 atom stereocenters. The minimum atomic E-state index is -1.74. The van der Waals surface area contributed by atoms with Gasteiger partial charge in [-0.1, -0.05) is 0 Å². The number of hydrogen-bond acceptors (Lipinski definition) is 4. The third-order valence-corrected chi connectivity index (χ3v) is 0.445. The van der Waals surface area contributed by atoms with Crippen molar-refractivity contribution in [2.24, 2.45) is 0 Å². The molecule has 0 aromatic carbocycles. The van der Waals surface area contributed by atoms with E-state index in [1.807, 2.05) is 0 Å². The molecule has 0 aliphatic heterocycles. The molecule has 0 aromatic rings. The van der Waals surface area contributed by atoms with E-state index in [-0.39, 0.29) is 51.4 Å². The van der Waals surface area contributed by atoms with Gasteiger partial charge < -0.3 is 20.1 Å². The van der Waals surface area contributed by atoms with Gasteiger partial charge in [0.05, 0.1) is 12.6 Å². The second-order valence-electron chi connectivity index (χ2n) is 1.02. The number of carboxylic acid groups (broad SMARTS) is 1. The van der Waals surface area contributed by atoms with E-state index in [1.54, 1.807) is 0 Å². The largest absolute Gasteiger partial charge is 1.00 e. The van der Waals surface area contributed by atoms with Crippen LogP contribution in [0.4, 0.5) is 0 Å². The van der Waals surface area contributed by atoms with Crippen LogP contribution in [0.25, 0.3) is 0 Å². The van der Waals surface area contributed by atoms with Gasteiger partial charge in [-0.05, 0) is 0 Å². The minimum absolute atomic E-state index is 0. The Labute approximate surface area is 88.9 Å². The number of carbonyl (C=O) groups excluding carboxylic acids is 1. The molecule has 42 valence electrons. The van der Waals surface area contributed by atoms with Gasteiger partial charge in [-0.2, -0.15) is 0 Å². The third kappa shape index (κ3) is 5.17. The molecule has 0 spiro atoms. The molecule has 0 bridgehead atoms. The zero-order valence-corrected chi connectivity index (χ0v) is 7.62. The molecule has 5 heteroatoms. The van der Waals surface area contributed by atoms with Crippen molar-refractivity contribution in [1.29, 1.82) is 0 Å². The van der Waals surface area contributed by atoms with E-state index >= 15 is 0 Å². The fraction of sp³-hybridized carbons (Fsp3) is 0.667. The van der Waals surface area contributed by atoms with E-state index in [2.05, 4.69) is 0 Å². The SMILES string of the molecule is O=C([O-])[C@@H](O)CO.[K+]. The Hall–Kier alpha value is 1.03. The molecule has 0 heterocycles. The van der Waals surface area contributed by atoms with E-state index in [0.717, 1.165) is 0 Å². The number of aliphatic hydroxyl groups is 2. The van der Waals surface area contributed by atoms with Crippen molar-refractivity contribution in [2.75, 3.05) is 6.61 Å². The van der Waals surface area contributed by atoms with Crippen LogP contribution in [0.15, 0.2) is 0 Å². The van der Waals surface area contributed by atoms with Crippen molar-refractivity contribution in [3.05, 3.63) is 0 Å². The molecule has 0 saturated carbocycles. The molecule has 0 radical (unpaired) electrons. The zero-order chi connectivity index (χ0) is 5.86. The Morgan fingerprint density at radius 2 is 2.12 bits per heavy atom. The summed E-state index contributed by atoms with van der Waals surface area (Å²) in [5.74, 6) is -1.65. The third-order valence-electron chi connectivity index (χ3n) is 0.445. The molecule has 0 aliphatic rings. The van der Waals surface area contributed by atoms with Crippen LogP contribution in [-0.4, -0.2) is 28.9 Å². The van der Waals surface area contributed by atoms with Gasteiger partial charge in [-0.15, -0.1) is 0 Å². The second kappa shape index (κ2) is 6.15. The number of rotatable bonds is 2. The van der Waals surface area contributed by atoms with E-state index in [9.17, 15) is 9.90 Å². The molecule has 0 unspecified atom stereocenters. The summed E-state index contributed by atoms with van der Waals surface area (Å²) in [7, 11) is 0. The Morgan fingerprint density at radius 3 is 2.12 bits per heavy atom. The summed E-state index contributed by atoms with van der Waals surface area (Å²) in [4.78, 5) is 9.41. The van der Waals surface area contributed by atoms with Crippen molar-refractivity contribution in [1.82, 2.24) is 0 Å². The Balaban J connectivity index is 0. The van der Waals surface area contributed by atoms with Crippen molar-refractivity contribution in [2.45, 2.75) is 6.10 Å². The van der Waals surface area contributed by atoms with E-state index in [4.69, 9.17) is 10.2 Å². The van der Waals surface area contributed by atoms with Crippen LogP contribution in [0, 0.1) is 0 Å². The average molecular weight is 144 g/mol. The molecule has 8 heavy (non-hydrogen) atoms. The summed E-state index contributed by atoms with van der Waals surface area (Å²) in [5, 5.41) is 25.3. The van der Waals surface area contributed by atoms with Gasteiger partial charge >= 0.3 is 51.4 Å². The molecule has 0 saturated heterocycles. The number of carboxylic acids is 1. The summed E-state index contributed by atoms with van der Waals surface area (Å²) < 4.78 is 0. The molecule has 0 amide bonds. The first-order valence-electron chi connectivity index (χ1n) is 1.68. The Bertz CT molecular complexity index is 73.7. The van der Waals surface area contributed by atoms with E-state index < -0.39 is 18.7 Å². The van der Waals surface area contributed by atoms with Crippen LogP contribution >= 0.6 is 0 Å². The van der Waals surface area contributed by atoms with Gasteiger partial charge in [-0.25, -0.2) is 0 Å². The van der Waals surface area contributed by atoms with Gasteiger partial charge in [0.15, 0.2) is 0 Å². The monoisotopic (exact) mass is 144 g/mol. The maximum Gasteiger partial charge on any atom is 1.00 e. The maximum atomic E-state index is 9.41. The number of carbonyl (C=O) groups is 1. The van der Waals surface area contributed by atoms with Gasteiger partial charge in [0, 0.05) is 0 Å². The van der Waals surface area contributed by atoms with Crippen molar-refractivity contribution >= 4 is 5.97 Å². The molecular weight excluding hydrogens is 139 g/mol. The predicted octanol–water partition coefficient (Wildman–Crippen LogP) is -5.91. The summed E-state index contributed by atoms with van der Waals surface area (Å²) in [5.41, 5.74) is 0. The maximum absolute atomic E-state index is 9.41. The van der Waals surface area contributed by atoms with Gasteiger partial charge in [0.1, 0.15) is 6.10 Å². The van der Waals surface area contributed by atoms with E-state index in [0.29, 0.717) is 0 Å². The van der Waals surface area contributed by atoms with Crippen LogP contribution in [0.2, 0.25) is 0 Å². The van der Waals surface area contributed by atoms with Crippen molar-refractivity contribution < 1.29 is 71.5 Å². The molecule has 2 N–H and O–H groups in total. The normalized spacial score (nSPS) is 11.8. The average Bonchev–Trinajstić information content (AvgIpc) is 1.65. The van der Waals surface area contributed by atoms with Crippen LogP contribution in [-0.2, 0) is 4.79 Å². The van der Waals surface area contributed by atoms with Crippen LogP contribution in [0.1, 0.15) is 0 Å². The first-order valence-corrected chi connectivity index (χ1v) is 1.68. The first-order chi connectivity index (χ1) is 3.18. The summed E-state index contributed by atoms with van der Waals surface area (Å²) in [6.07, 6.45) is -1.74. The summed E-state index contributed by atoms with van der Waals surface area (Å²) >= 11 is 0. The van der Waals surface area contributed by atoms with Gasteiger partial charge in [0.25, 0.3) is 0 Å². The van der Waals surface area contributed by atoms with E-state index in [1.165, 1.54) is 0 Å². The molecule has 0 aromatic heterocycles. The zero-order valence-electron chi connectivity index (χ0n) is 4.50.